The summed E-state index contributed by atoms with van der Waals surface area (Å²) in [7, 11) is 0. The number of allylic oxidation sites excluding steroid dienone is 5. The van der Waals surface area contributed by atoms with Crippen molar-refractivity contribution in [3.63, 3.8) is 0 Å². The maximum atomic E-state index is 10.5. The molecule has 0 heterocycles. The van der Waals surface area contributed by atoms with E-state index in [1.54, 1.807) is 12.2 Å². The lowest BCUT2D eigenvalue weighted by Crippen LogP contribution is -1.96. The van der Waals surface area contributed by atoms with Crippen LogP contribution in [0.5, 0.6) is 0 Å². The number of hydrogen-bond acceptors (Lipinski definition) is 3. The van der Waals surface area contributed by atoms with E-state index in [2.05, 4.69) is 0 Å². The molecule has 0 radical (unpaired) electrons. The molecule has 0 amide bonds. The number of hydrogen-bond donors (Lipinski definition) is 0. The van der Waals surface area contributed by atoms with Crippen LogP contribution in [0.1, 0.15) is 13.3 Å². The van der Waals surface area contributed by atoms with Crippen LogP contribution in [-0.4, -0.2) is 4.92 Å². The van der Waals surface area contributed by atoms with Gasteiger partial charge >= 0.3 is 0 Å². The minimum absolute atomic E-state index is 0.00579. The van der Waals surface area contributed by atoms with Gasteiger partial charge < -0.3 is 0 Å². The molecule has 0 saturated carbocycles. The fourth-order valence-electron chi connectivity index (χ4n) is 1.29. The predicted molar refractivity (Wildman–Crippen MR) is 51.7 cm³/mol. The lowest BCUT2D eigenvalue weighted by Gasteiger charge is -1.97. The topological polar surface area (TPSA) is 66.9 Å². The highest BCUT2D eigenvalue weighted by atomic mass is 16.6. The van der Waals surface area contributed by atoms with Gasteiger partial charge in [-0.1, -0.05) is 19.1 Å². The Morgan fingerprint density at radius 3 is 2.86 bits per heavy atom. The van der Waals surface area contributed by atoms with Crippen molar-refractivity contribution in [2.75, 3.05) is 0 Å². The van der Waals surface area contributed by atoms with E-state index in [1.807, 2.05) is 19.1 Å². The molecular formula is C10H10N2O2. The van der Waals surface area contributed by atoms with Gasteiger partial charge in [0.05, 0.1) is 17.4 Å². The van der Waals surface area contributed by atoms with Crippen molar-refractivity contribution < 1.29 is 4.92 Å². The third-order valence-corrected chi connectivity index (χ3v) is 1.87. The first-order chi connectivity index (χ1) is 6.63. The molecule has 0 aromatic rings. The third kappa shape index (κ3) is 2.56. The van der Waals surface area contributed by atoms with E-state index >= 15 is 0 Å². The molecule has 0 aromatic carbocycles. The second kappa shape index (κ2) is 4.38. The van der Waals surface area contributed by atoms with Crippen LogP contribution in [0, 0.1) is 27.4 Å². The van der Waals surface area contributed by atoms with E-state index in [4.69, 9.17) is 5.26 Å². The molecule has 1 aliphatic carbocycles. The first-order valence-corrected chi connectivity index (χ1v) is 4.25. The Hall–Kier alpha value is -1.89. The van der Waals surface area contributed by atoms with Crippen LogP contribution in [0.4, 0.5) is 0 Å². The maximum absolute atomic E-state index is 10.5. The summed E-state index contributed by atoms with van der Waals surface area (Å²) in [6, 6.07) is 2.02. The van der Waals surface area contributed by atoms with Gasteiger partial charge in [-0.05, 0) is 11.5 Å². The van der Waals surface area contributed by atoms with Gasteiger partial charge in [0.25, 0.3) is 5.70 Å². The predicted octanol–water partition coefficient (Wildman–Crippen LogP) is 2.19. The Balaban J connectivity index is 2.91. The van der Waals surface area contributed by atoms with Crippen LogP contribution >= 0.6 is 0 Å². The summed E-state index contributed by atoms with van der Waals surface area (Å²) in [4.78, 5) is 10.1. The van der Waals surface area contributed by atoms with Crippen LogP contribution in [0.25, 0.3) is 0 Å². The molecule has 0 spiro atoms. The van der Waals surface area contributed by atoms with Gasteiger partial charge in [-0.3, -0.25) is 10.1 Å². The first kappa shape index (κ1) is 10.2. The summed E-state index contributed by atoms with van der Waals surface area (Å²) < 4.78 is 0. The second-order valence-electron chi connectivity index (χ2n) is 3.12. The van der Waals surface area contributed by atoms with Crippen LogP contribution in [0.3, 0.4) is 0 Å². The Kier molecular flexibility index (Phi) is 3.19. The zero-order valence-electron chi connectivity index (χ0n) is 7.80. The SMILES string of the molecule is CC1C=C(CC#N)C=CC([N+](=O)[O-])=C1. The van der Waals surface area contributed by atoms with Gasteiger partial charge in [0, 0.05) is 12.2 Å². The zero-order chi connectivity index (χ0) is 10.6. The molecule has 0 aliphatic heterocycles. The minimum atomic E-state index is -0.420. The van der Waals surface area contributed by atoms with Crippen molar-refractivity contribution in [2.45, 2.75) is 13.3 Å². The number of rotatable bonds is 2. The summed E-state index contributed by atoms with van der Waals surface area (Å²) >= 11 is 0. The van der Waals surface area contributed by atoms with Crippen LogP contribution in [-0.2, 0) is 0 Å². The molecule has 0 aromatic heterocycles. The smallest absolute Gasteiger partial charge is 0.258 e. The second-order valence-corrected chi connectivity index (χ2v) is 3.12. The molecule has 0 fully saturated rings. The van der Waals surface area contributed by atoms with Gasteiger partial charge in [-0.25, -0.2) is 0 Å². The average Bonchev–Trinajstić information content (AvgIpc) is 2.28. The molecule has 0 bridgehead atoms. The molecule has 0 N–H and O–H groups in total. The van der Waals surface area contributed by atoms with Crippen LogP contribution in [0.2, 0.25) is 0 Å². The van der Waals surface area contributed by atoms with E-state index in [0.717, 1.165) is 5.57 Å². The Labute approximate surface area is 82.0 Å². The number of nitriles is 1. The highest BCUT2D eigenvalue weighted by Gasteiger charge is 2.11. The van der Waals surface area contributed by atoms with E-state index in [1.165, 1.54) is 6.08 Å². The first-order valence-electron chi connectivity index (χ1n) is 4.25. The summed E-state index contributed by atoms with van der Waals surface area (Å²) in [5.41, 5.74) is 0.912. The fraction of sp³-hybridized carbons (Fsp3) is 0.300. The van der Waals surface area contributed by atoms with E-state index in [0.29, 0.717) is 6.42 Å². The highest BCUT2D eigenvalue weighted by Crippen LogP contribution is 2.17. The molecule has 1 unspecified atom stereocenters. The van der Waals surface area contributed by atoms with Crippen LogP contribution < -0.4 is 0 Å². The lowest BCUT2D eigenvalue weighted by molar-refractivity contribution is -0.419. The van der Waals surface area contributed by atoms with Crippen molar-refractivity contribution in [1.82, 2.24) is 0 Å². The van der Waals surface area contributed by atoms with Gasteiger partial charge in [0.2, 0.25) is 0 Å². The quantitative estimate of drug-likeness (QED) is 0.495. The van der Waals surface area contributed by atoms with E-state index in [9.17, 15) is 10.1 Å². The van der Waals surface area contributed by atoms with E-state index < -0.39 is 4.92 Å². The Bertz CT molecular complexity index is 372. The monoisotopic (exact) mass is 190 g/mol. The number of nitrogens with zero attached hydrogens (tertiary/aromatic N) is 2. The van der Waals surface area contributed by atoms with Crippen molar-refractivity contribution in [1.29, 1.82) is 5.26 Å². The molecular weight excluding hydrogens is 180 g/mol. The maximum Gasteiger partial charge on any atom is 0.266 e. The molecule has 1 aliphatic rings. The normalized spacial score (nSPS) is 20.4. The fourth-order valence-corrected chi connectivity index (χ4v) is 1.29. The Morgan fingerprint density at radius 1 is 1.57 bits per heavy atom. The molecule has 1 rings (SSSR count). The molecule has 4 heteroatoms. The van der Waals surface area contributed by atoms with Crippen molar-refractivity contribution >= 4 is 0 Å². The lowest BCUT2D eigenvalue weighted by atomic mass is 10.1. The summed E-state index contributed by atoms with van der Waals surface area (Å²) in [6.45, 7) is 1.86. The van der Waals surface area contributed by atoms with Crippen molar-refractivity contribution in [3.8, 4) is 6.07 Å². The van der Waals surface area contributed by atoms with E-state index in [-0.39, 0.29) is 11.6 Å². The minimum Gasteiger partial charge on any atom is -0.258 e. The molecule has 14 heavy (non-hydrogen) atoms. The molecule has 72 valence electrons. The van der Waals surface area contributed by atoms with Gasteiger partial charge in [-0.15, -0.1) is 0 Å². The number of nitro groups is 1. The molecule has 0 saturated heterocycles. The van der Waals surface area contributed by atoms with Gasteiger partial charge in [-0.2, -0.15) is 5.26 Å². The van der Waals surface area contributed by atoms with Crippen LogP contribution in [0.15, 0.2) is 35.6 Å². The summed E-state index contributed by atoms with van der Waals surface area (Å²) in [5, 5.41) is 19.0. The largest absolute Gasteiger partial charge is 0.266 e. The van der Waals surface area contributed by atoms with Gasteiger partial charge in [0.15, 0.2) is 0 Å². The summed E-state index contributed by atoms with van der Waals surface area (Å²) in [6.07, 6.45) is 6.78. The highest BCUT2D eigenvalue weighted by molar-refractivity contribution is 5.32. The molecule has 1 atom stereocenters. The van der Waals surface area contributed by atoms with Crippen molar-refractivity contribution in [3.05, 3.63) is 45.7 Å². The standard InChI is InChI=1S/C10H10N2O2/c1-8-6-9(4-5-11)2-3-10(7-8)12(13)14/h2-3,6-8H,4H2,1H3. The van der Waals surface area contributed by atoms with Crippen molar-refractivity contribution in [2.24, 2.45) is 5.92 Å². The summed E-state index contributed by atoms with van der Waals surface area (Å²) in [5.74, 6) is -0.00579. The Morgan fingerprint density at radius 2 is 2.29 bits per heavy atom. The molecule has 4 nitrogen and oxygen atoms in total. The van der Waals surface area contributed by atoms with Gasteiger partial charge in [0.1, 0.15) is 0 Å². The zero-order valence-corrected chi connectivity index (χ0v) is 7.80. The third-order valence-electron chi connectivity index (χ3n) is 1.87. The average molecular weight is 190 g/mol.